The van der Waals surface area contributed by atoms with E-state index >= 15 is 0 Å². The number of nitrogens with one attached hydrogen (secondary N) is 1. The zero-order valence-corrected chi connectivity index (χ0v) is 13.3. The molecule has 4 nitrogen and oxygen atoms in total. The summed E-state index contributed by atoms with van der Waals surface area (Å²) >= 11 is 3.41. The summed E-state index contributed by atoms with van der Waals surface area (Å²) in [6.45, 7) is 5.81. The molecule has 106 valence electrons. The molecule has 0 saturated heterocycles. The molecule has 0 spiro atoms. The number of ether oxygens (including phenoxy) is 1. The topological polar surface area (TPSA) is 47.0 Å². The maximum absolute atomic E-state index is 5.67. The van der Waals surface area contributed by atoms with Gasteiger partial charge in [-0.15, -0.1) is 0 Å². The highest BCUT2D eigenvalue weighted by atomic mass is 79.9. The van der Waals surface area contributed by atoms with Gasteiger partial charge in [-0.3, -0.25) is 0 Å². The highest BCUT2D eigenvalue weighted by molar-refractivity contribution is 9.10. The summed E-state index contributed by atoms with van der Waals surface area (Å²) in [5, 5.41) is 3.19. The van der Waals surface area contributed by atoms with Crippen LogP contribution in [0.4, 0.5) is 5.82 Å². The van der Waals surface area contributed by atoms with E-state index in [0.717, 1.165) is 28.1 Å². The lowest BCUT2D eigenvalue weighted by atomic mass is 10.2. The molecule has 1 heterocycles. The summed E-state index contributed by atoms with van der Waals surface area (Å²) in [4.78, 5) is 8.79. The third-order valence-corrected chi connectivity index (χ3v) is 3.20. The number of anilines is 1. The Kier molecular flexibility index (Phi) is 5.49. The highest BCUT2D eigenvalue weighted by Gasteiger charge is 2.02. The smallest absolute Gasteiger partial charge is 0.156 e. The van der Waals surface area contributed by atoms with Gasteiger partial charge < -0.3 is 10.1 Å². The molecular formula is C15H18BrN3O. The molecule has 0 amide bonds. The Morgan fingerprint density at radius 2 is 1.90 bits per heavy atom. The van der Waals surface area contributed by atoms with Gasteiger partial charge in [-0.25, -0.2) is 9.97 Å². The monoisotopic (exact) mass is 335 g/mol. The number of aromatic nitrogens is 2. The molecule has 0 aliphatic heterocycles. The molecule has 2 aromatic rings. The number of hydrogen-bond acceptors (Lipinski definition) is 4. The van der Waals surface area contributed by atoms with Gasteiger partial charge in [-0.2, -0.15) is 0 Å². The number of nitrogens with zero attached hydrogens (tertiary/aromatic N) is 2. The molecule has 0 aliphatic rings. The van der Waals surface area contributed by atoms with Crippen LogP contribution in [0, 0.1) is 6.92 Å². The van der Waals surface area contributed by atoms with Crippen molar-refractivity contribution < 1.29 is 4.74 Å². The average molecular weight is 336 g/mol. The van der Waals surface area contributed by atoms with E-state index < -0.39 is 0 Å². The summed E-state index contributed by atoms with van der Waals surface area (Å²) < 4.78 is 6.73. The minimum absolute atomic E-state index is 0.413. The van der Waals surface area contributed by atoms with Crippen LogP contribution in [0.5, 0.6) is 0 Å². The fraction of sp³-hybridized carbons (Fsp3) is 0.333. The lowest BCUT2D eigenvalue weighted by molar-refractivity contribution is 0.102. The molecule has 20 heavy (non-hydrogen) atoms. The fourth-order valence-corrected chi connectivity index (χ4v) is 2.07. The van der Waals surface area contributed by atoms with Crippen molar-refractivity contribution in [2.45, 2.75) is 27.1 Å². The van der Waals surface area contributed by atoms with Gasteiger partial charge in [0.2, 0.25) is 0 Å². The summed E-state index contributed by atoms with van der Waals surface area (Å²) in [6.07, 6.45) is 0. The van der Waals surface area contributed by atoms with Crippen molar-refractivity contribution in [1.82, 2.24) is 9.97 Å². The number of aryl methyl sites for hydroxylation is 1. The molecule has 1 N–H and O–H groups in total. The van der Waals surface area contributed by atoms with Crippen LogP contribution in [0.15, 0.2) is 34.8 Å². The fourth-order valence-electron chi connectivity index (χ4n) is 1.81. The first-order valence-electron chi connectivity index (χ1n) is 6.58. The van der Waals surface area contributed by atoms with Crippen LogP contribution in [0.2, 0.25) is 0 Å². The first-order chi connectivity index (χ1) is 9.67. The molecule has 0 atom stereocenters. The normalized spacial score (nSPS) is 10.6. The second-order valence-electron chi connectivity index (χ2n) is 4.46. The summed E-state index contributed by atoms with van der Waals surface area (Å²) in [6, 6.07) is 10.0. The van der Waals surface area contributed by atoms with Gasteiger partial charge in [0.25, 0.3) is 0 Å². The van der Waals surface area contributed by atoms with Gasteiger partial charge >= 0.3 is 0 Å². The molecule has 0 bridgehead atoms. The van der Waals surface area contributed by atoms with E-state index in [1.54, 1.807) is 0 Å². The quantitative estimate of drug-likeness (QED) is 0.874. The average Bonchev–Trinajstić information content (AvgIpc) is 2.41. The zero-order valence-electron chi connectivity index (χ0n) is 11.7. The van der Waals surface area contributed by atoms with Gasteiger partial charge in [0.1, 0.15) is 12.4 Å². The Labute approximate surface area is 127 Å². The minimum Gasteiger partial charge on any atom is -0.370 e. The SMILES string of the molecule is CCNc1cc(C)nc(COCc2ccc(Br)cc2)n1. The van der Waals surface area contributed by atoms with Gasteiger partial charge in [0, 0.05) is 22.8 Å². The van der Waals surface area contributed by atoms with Crippen molar-refractivity contribution in [2.24, 2.45) is 0 Å². The van der Waals surface area contributed by atoms with E-state index in [1.165, 1.54) is 0 Å². The number of halogens is 1. The Morgan fingerprint density at radius 1 is 1.15 bits per heavy atom. The molecular weight excluding hydrogens is 318 g/mol. The third-order valence-electron chi connectivity index (χ3n) is 2.67. The van der Waals surface area contributed by atoms with E-state index in [0.29, 0.717) is 19.0 Å². The van der Waals surface area contributed by atoms with Crippen LogP contribution >= 0.6 is 15.9 Å². The van der Waals surface area contributed by atoms with Crippen LogP contribution in [-0.2, 0) is 18.0 Å². The maximum Gasteiger partial charge on any atom is 0.156 e. The summed E-state index contributed by atoms with van der Waals surface area (Å²) in [5.74, 6) is 1.56. The Balaban J connectivity index is 1.91. The second-order valence-corrected chi connectivity index (χ2v) is 5.38. The van der Waals surface area contributed by atoms with E-state index in [2.05, 4.69) is 31.2 Å². The van der Waals surface area contributed by atoms with Crippen LogP contribution in [0.25, 0.3) is 0 Å². The standard InChI is InChI=1S/C15H18BrN3O/c1-3-17-14-8-11(2)18-15(19-14)10-20-9-12-4-6-13(16)7-5-12/h4-8H,3,9-10H2,1-2H3,(H,17,18,19). The third kappa shape index (κ3) is 4.58. The van der Waals surface area contributed by atoms with Crippen LogP contribution < -0.4 is 5.32 Å². The number of rotatable bonds is 6. The molecule has 1 aromatic heterocycles. The number of benzene rings is 1. The molecule has 0 unspecified atom stereocenters. The zero-order chi connectivity index (χ0) is 14.4. The van der Waals surface area contributed by atoms with Crippen molar-refractivity contribution in [1.29, 1.82) is 0 Å². The Bertz CT molecular complexity index is 558. The predicted molar refractivity (Wildman–Crippen MR) is 83.6 cm³/mol. The molecule has 2 rings (SSSR count). The molecule has 0 saturated carbocycles. The first-order valence-corrected chi connectivity index (χ1v) is 7.37. The highest BCUT2D eigenvalue weighted by Crippen LogP contribution is 2.12. The summed E-state index contributed by atoms with van der Waals surface area (Å²) in [5.41, 5.74) is 2.07. The van der Waals surface area contributed by atoms with Crippen molar-refractivity contribution >= 4 is 21.7 Å². The van der Waals surface area contributed by atoms with E-state index in [9.17, 15) is 0 Å². The molecule has 0 aliphatic carbocycles. The van der Waals surface area contributed by atoms with Crippen molar-refractivity contribution in [3.63, 3.8) is 0 Å². The van der Waals surface area contributed by atoms with Gasteiger partial charge in [-0.05, 0) is 31.5 Å². The van der Waals surface area contributed by atoms with Crippen molar-refractivity contribution in [3.05, 3.63) is 51.9 Å². The van der Waals surface area contributed by atoms with Gasteiger partial charge in [0.05, 0.1) is 6.61 Å². The lowest BCUT2D eigenvalue weighted by Crippen LogP contribution is -2.06. The van der Waals surface area contributed by atoms with E-state index in [1.807, 2.05) is 44.2 Å². The second kappa shape index (κ2) is 7.36. The van der Waals surface area contributed by atoms with Crippen LogP contribution in [-0.4, -0.2) is 16.5 Å². The summed E-state index contributed by atoms with van der Waals surface area (Å²) in [7, 11) is 0. The first kappa shape index (κ1) is 14.9. The molecule has 0 fully saturated rings. The van der Waals surface area contributed by atoms with Crippen molar-refractivity contribution in [2.75, 3.05) is 11.9 Å². The Hall–Kier alpha value is -1.46. The van der Waals surface area contributed by atoms with Crippen LogP contribution in [0.3, 0.4) is 0 Å². The van der Waals surface area contributed by atoms with E-state index in [4.69, 9.17) is 4.74 Å². The molecule has 5 heteroatoms. The molecule has 1 aromatic carbocycles. The van der Waals surface area contributed by atoms with Gasteiger partial charge in [0.15, 0.2) is 5.82 Å². The predicted octanol–water partition coefficient (Wildman–Crippen LogP) is 3.70. The largest absolute Gasteiger partial charge is 0.370 e. The molecule has 0 radical (unpaired) electrons. The number of hydrogen-bond donors (Lipinski definition) is 1. The minimum atomic E-state index is 0.413. The van der Waals surface area contributed by atoms with E-state index in [-0.39, 0.29) is 0 Å². The lowest BCUT2D eigenvalue weighted by Gasteiger charge is -2.08. The van der Waals surface area contributed by atoms with Crippen molar-refractivity contribution in [3.8, 4) is 0 Å². The van der Waals surface area contributed by atoms with Crippen LogP contribution in [0.1, 0.15) is 24.0 Å². The van der Waals surface area contributed by atoms with Gasteiger partial charge in [-0.1, -0.05) is 28.1 Å². The maximum atomic E-state index is 5.67. The Morgan fingerprint density at radius 3 is 2.60 bits per heavy atom.